The summed E-state index contributed by atoms with van der Waals surface area (Å²) in [6.07, 6.45) is 7.52. The van der Waals surface area contributed by atoms with Gasteiger partial charge in [0, 0.05) is 43.5 Å². The number of amides is 1. The smallest absolute Gasteiger partial charge is 0.286 e. The summed E-state index contributed by atoms with van der Waals surface area (Å²) >= 11 is 1.35. The maximum atomic E-state index is 13.6. The number of rotatable bonds is 5. The number of para-hydroxylation sites is 1. The predicted molar refractivity (Wildman–Crippen MR) is 157 cm³/mol. The van der Waals surface area contributed by atoms with E-state index in [1.54, 1.807) is 27.2 Å². The van der Waals surface area contributed by atoms with Crippen molar-refractivity contribution in [3.8, 4) is 16.9 Å². The van der Waals surface area contributed by atoms with Gasteiger partial charge in [-0.05, 0) is 54.9 Å². The summed E-state index contributed by atoms with van der Waals surface area (Å²) < 4.78 is 35.9. The molecule has 0 saturated carbocycles. The molecular formula is C29H31N5O4S2. The van der Waals surface area contributed by atoms with Crippen LogP contribution in [0.5, 0.6) is 0 Å². The average molecular weight is 578 g/mol. The molecule has 3 aromatic rings. The van der Waals surface area contributed by atoms with Crippen molar-refractivity contribution >= 4 is 38.9 Å². The number of morpholine rings is 1. The van der Waals surface area contributed by atoms with Gasteiger partial charge in [-0.2, -0.15) is 14.4 Å². The van der Waals surface area contributed by atoms with E-state index in [-0.39, 0.29) is 10.8 Å². The fourth-order valence-electron chi connectivity index (χ4n) is 5.09. The second-order valence-corrected chi connectivity index (χ2v) is 12.9. The summed E-state index contributed by atoms with van der Waals surface area (Å²) in [5.74, 6) is -0.289. The second-order valence-electron chi connectivity index (χ2n) is 9.97. The topological polar surface area (TPSA) is 97.1 Å². The molecule has 2 fully saturated rings. The molecule has 3 aliphatic rings. The number of aliphatic imine (C=N–C) groups is 1. The zero-order valence-corrected chi connectivity index (χ0v) is 23.7. The van der Waals surface area contributed by atoms with Crippen LogP contribution < -0.4 is 0 Å². The highest BCUT2D eigenvalue weighted by molar-refractivity contribution is 8.18. The Morgan fingerprint density at radius 3 is 2.40 bits per heavy atom. The summed E-state index contributed by atoms with van der Waals surface area (Å²) in [5, 5.41) is 5.54. The molecule has 2 saturated heterocycles. The third-order valence-corrected chi connectivity index (χ3v) is 10.2. The van der Waals surface area contributed by atoms with Crippen LogP contribution in [-0.4, -0.2) is 77.9 Å². The van der Waals surface area contributed by atoms with Crippen LogP contribution in [0.4, 0.5) is 0 Å². The summed E-state index contributed by atoms with van der Waals surface area (Å²) in [7, 11) is -3.63. The van der Waals surface area contributed by atoms with E-state index in [1.807, 2.05) is 48.7 Å². The Balaban J connectivity index is 1.37. The Kier molecular flexibility index (Phi) is 7.88. The molecule has 11 heteroatoms. The molecule has 2 aromatic carbocycles. The lowest BCUT2D eigenvalue weighted by Gasteiger charge is -2.27. The Bertz CT molecular complexity index is 1550. The highest BCUT2D eigenvalue weighted by Gasteiger charge is 2.29. The van der Waals surface area contributed by atoms with Gasteiger partial charge in [0.1, 0.15) is 5.69 Å². The molecule has 0 unspecified atom stereocenters. The number of hydrogen-bond donors (Lipinski definition) is 0. The van der Waals surface area contributed by atoms with Crippen molar-refractivity contribution in [3.05, 3.63) is 71.3 Å². The van der Waals surface area contributed by atoms with Crippen molar-refractivity contribution in [1.82, 2.24) is 19.0 Å². The highest BCUT2D eigenvalue weighted by atomic mass is 32.2. The Morgan fingerprint density at radius 2 is 1.65 bits per heavy atom. The predicted octanol–water partition coefficient (Wildman–Crippen LogP) is 4.41. The molecule has 40 heavy (non-hydrogen) atoms. The molecule has 3 aliphatic heterocycles. The highest BCUT2D eigenvalue weighted by Crippen LogP contribution is 2.34. The van der Waals surface area contributed by atoms with E-state index in [2.05, 4.69) is 9.89 Å². The molecule has 0 atom stereocenters. The average Bonchev–Trinajstić information content (AvgIpc) is 3.45. The van der Waals surface area contributed by atoms with Gasteiger partial charge in [-0.15, -0.1) is 0 Å². The van der Waals surface area contributed by atoms with Gasteiger partial charge in [-0.1, -0.05) is 43.2 Å². The van der Waals surface area contributed by atoms with Gasteiger partial charge in [0.05, 0.1) is 28.7 Å². The number of benzene rings is 2. The molecule has 6 rings (SSSR count). The molecule has 0 N–H and O–H groups in total. The monoisotopic (exact) mass is 577 g/mol. The molecule has 4 heterocycles. The lowest BCUT2D eigenvalue weighted by Crippen LogP contribution is -2.38. The lowest BCUT2D eigenvalue weighted by molar-refractivity contribution is -0.113. The number of aromatic nitrogens is 2. The number of hydrogen-bond acceptors (Lipinski definition) is 7. The van der Waals surface area contributed by atoms with E-state index < -0.39 is 10.0 Å². The van der Waals surface area contributed by atoms with Crippen LogP contribution in [0, 0.1) is 0 Å². The van der Waals surface area contributed by atoms with E-state index in [0.717, 1.165) is 31.4 Å². The molecule has 9 nitrogen and oxygen atoms in total. The Hall–Kier alpha value is -3.25. The Morgan fingerprint density at radius 1 is 0.900 bits per heavy atom. The molecular weight excluding hydrogens is 546 g/mol. The summed E-state index contributed by atoms with van der Waals surface area (Å²) in [4.78, 5) is 20.0. The SMILES string of the molecule is O=C1N=C(N2CCOCC2)SC1=Cc1cn(-c2ccccc2)nc1-c1cccc(S(=O)(=O)N2CCCCCC2)c1. The quantitative estimate of drug-likeness (QED) is 0.415. The first-order chi connectivity index (χ1) is 19.5. The maximum Gasteiger partial charge on any atom is 0.286 e. The first-order valence-corrected chi connectivity index (χ1v) is 15.9. The zero-order chi connectivity index (χ0) is 27.5. The summed E-state index contributed by atoms with van der Waals surface area (Å²) in [5.41, 5.74) is 2.83. The van der Waals surface area contributed by atoms with Crippen LogP contribution in [0.15, 0.2) is 75.6 Å². The van der Waals surface area contributed by atoms with Crippen LogP contribution in [0.3, 0.4) is 0 Å². The molecule has 0 bridgehead atoms. The normalized spacial score (nSPS) is 20.1. The minimum absolute atomic E-state index is 0.254. The standard InChI is InChI=1S/C29H31N5O4S2/c35-28-26(39-29(30-28)32-15-17-38-18-16-32)20-23-21-34(24-10-4-3-5-11-24)31-27(23)22-9-8-12-25(19-22)40(36,37)33-13-6-1-2-7-14-33/h3-5,8-12,19-21H,1-2,6-7,13-18H2. The number of sulfonamides is 1. The molecule has 0 aliphatic carbocycles. The second kappa shape index (κ2) is 11.7. The third-order valence-electron chi connectivity index (χ3n) is 7.25. The van der Waals surface area contributed by atoms with E-state index in [4.69, 9.17) is 9.84 Å². The van der Waals surface area contributed by atoms with Crippen LogP contribution in [-0.2, 0) is 19.6 Å². The minimum atomic E-state index is -3.63. The minimum Gasteiger partial charge on any atom is -0.378 e. The van der Waals surface area contributed by atoms with Crippen molar-refractivity contribution in [2.24, 2.45) is 4.99 Å². The van der Waals surface area contributed by atoms with Crippen molar-refractivity contribution < 1.29 is 17.9 Å². The molecule has 0 spiro atoms. The van der Waals surface area contributed by atoms with Gasteiger partial charge in [0.15, 0.2) is 5.17 Å². The zero-order valence-electron chi connectivity index (χ0n) is 22.1. The third kappa shape index (κ3) is 5.64. The van der Waals surface area contributed by atoms with Gasteiger partial charge in [0.2, 0.25) is 10.0 Å². The molecule has 1 amide bonds. The number of ether oxygens (including phenoxy) is 1. The van der Waals surface area contributed by atoms with E-state index in [0.29, 0.717) is 66.3 Å². The van der Waals surface area contributed by atoms with Gasteiger partial charge in [0.25, 0.3) is 5.91 Å². The number of thioether (sulfide) groups is 1. The number of carbonyl (C=O) groups excluding carboxylic acids is 1. The van der Waals surface area contributed by atoms with Crippen LogP contribution >= 0.6 is 11.8 Å². The van der Waals surface area contributed by atoms with Crippen molar-refractivity contribution in [2.45, 2.75) is 30.6 Å². The van der Waals surface area contributed by atoms with Crippen LogP contribution in [0.25, 0.3) is 23.0 Å². The lowest BCUT2D eigenvalue weighted by atomic mass is 10.1. The first kappa shape index (κ1) is 26.9. The van der Waals surface area contributed by atoms with Gasteiger partial charge < -0.3 is 9.64 Å². The van der Waals surface area contributed by atoms with Gasteiger partial charge in [-0.25, -0.2) is 13.1 Å². The summed E-state index contributed by atoms with van der Waals surface area (Å²) in [6, 6.07) is 16.7. The van der Waals surface area contributed by atoms with E-state index in [1.165, 1.54) is 11.8 Å². The fourth-order valence-corrected chi connectivity index (χ4v) is 7.61. The molecule has 0 radical (unpaired) electrons. The molecule has 208 valence electrons. The van der Waals surface area contributed by atoms with E-state index >= 15 is 0 Å². The van der Waals surface area contributed by atoms with Crippen molar-refractivity contribution in [2.75, 3.05) is 39.4 Å². The van der Waals surface area contributed by atoms with E-state index in [9.17, 15) is 13.2 Å². The molecule has 1 aromatic heterocycles. The van der Waals surface area contributed by atoms with Gasteiger partial charge in [-0.3, -0.25) is 4.79 Å². The largest absolute Gasteiger partial charge is 0.378 e. The maximum absolute atomic E-state index is 13.6. The van der Waals surface area contributed by atoms with Crippen LogP contribution in [0.1, 0.15) is 31.2 Å². The van der Waals surface area contributed by atoms with Gasteiger partial charge >= 0.3 is 0 Å². The summed E-state index contributed by atoms with van der Waals surface area (Å²) in [6.45, 7) is 3.69. The van der Waals surface area contributed by atoms with Crippen molar-refractivity contribution in [3.63, 3.8) is 0 Å². The fraction of sp³-hybridized carbons (Fsp3) is 0.345. The van der Waals surface area contributed by atoms with Crippen molar-refractivity contribution in [1.29, 1.82) is 0 Å². The number of amidine groups is 1. The Labute approximate surface area is 238 Å². The number of nitrogens with zero attached hydrogens (tertiary/aromatic N) is 5. The van der Waals surface area contributed by atoms with Crippen LogP contribution in [0.2, 0.25) is 0 Å². The first-order valence-electron chi connectivity index (χ1n) is 13.6. The number of carbonyl (C=O) groups is 1.